The maximum Gasteiger partial charge on any atom is 0.345 e. The Bertz CT molecular complexity index is 3650. The molecule has 0 bridgehead atoms. The van der Waals surface area contributed by atoms with Crippen molar-refractivity contribution >= 4 is 106 Å². The van der Waals surface area contributed by atoms with Gasteiger partial charge in [-0.2, -0.15) is 9.78 Å². The van der Waals surface area contributed by atoms with E-state index in [2.05, 4.69) is 52.8 Å². The number of hydrogen-bond acceptors (Lipinski definition) is 18. The second-order valence-corrected chi connectivity index (χ2v) is 25.3. The van der Waals surface area contributed by atoms with Crippen LogP contribution in [0, 0.1) is 11.8 Å². The number of nitrogens with one attached hydrogen (secondary N) is 9. The first-order valence-corrected chi connectivity index (χ1v) is 34.0. The second-order valence-electron chi connectivity index (χ2n) is 24.2. The molecule has 5 aromatic rings. The highest BCUT2D eigenvalue weighted by Gasteiger charge is 2.36. The highest BCUT2D eigenvalue weighted by atomic mass is 32.2. The quantitative estimate of drug-likeness (QED) is 0.0357. The van der Waals surface area contributed by atoms with Gasteiger partial charge in [-0.25, -0.2) is 4.79 Å². The topological polar surface area (TPSA) is 445 Å². The van der Waals surface area contributed by atoms with Crippen LogP contribution in [-0.2, 0) is 54.4 Å². The van der Waals surface area contributed by atoms with Gasteiger partial charge in [0.05, 0.1) is 28.5 Å². The highest BCUT2D eigenvalue weighted by molar-refractivity contribution is 7.99. The molecule has 3 aromatic carbocycles. The molecule has 0 spiro atoms. The lowest BCUT2D eigenvalue weighted by molar-refractivity contribution is -0.137. The fourth-order valence-corrected chi connectivity index (χ4v) is 11.9. The van der Waals surface area contributed by atoms with E-state index in [4.69, 9.17) is 22.3 Å². The van der Waals surface area contributed by atoms with E-state index in [-0.39, 0.29) is 128 Å². The summed E-state index contributed by atoms with van der Waals surface area (Å²) in [5, 5.41) is 38.9. The summed E-state index contributed by atoms with van der Waals surface area (Å²) >= 11 is 1.26. The van der Waals surface area contributed by atoms with Crippen LogP contribution in [-0.4, -0.2) is 185 Å². The highest BCUT2D eigenvalue weighted by Crippen LogP contribution is 2.34. The summed E-state index contributed by atoms with van der Waals surface area (Å²) in [6, 6.07) is 17.6. The number of aromatic nitrogens is 3. The van der Waals surface area contributed by atoms with Crippen molar-refractivity contribution in [2.24, 2.45) is 29.0 Å². The Morgan fingerprint density at radius 2 is 1.35 bits per heavy atom. The average molecular weight is 1390 g/mol. The van der Waals surface area contributed by atoms with E-state index in [1.165, 1.54) is 23.7 Å². The summed E-state index contributed by atoms with van der Waals surface area (Å²) in [4.78, 5) is 174. The summed E-state index contributed by atoms with van der Waals surface area (Å²) in [6.07, 6.45) is 3.29. The molecular formula is C69H92N16O13S. The Kier molecular flexibility index (Phi) is 31.6. The fraction of sp³-hybridized carbons (Fsp3) is 0.449. The normalized spacial score (nSPS) is 19.4. The number of benzene rings is 3. The molecule has 2 aromatic heterocycles. The zero-order chi connectivity index (χ0) is 72.0. The number of pyridine rings is 1. The molecule has 30 heteroatoms. The first-order chi connectivity index (χ1) is 47.6. The lowest BCUT2D eigenvalue weighted by Crippen LogP contribution is -2.59. The van der Waals surface area contributed by atoms with Crippen LogP contribution in [0.1, 0.15) is 119 Å². The molecule has 1 unspecified atom stereocenters. The number of carboxylic acid groups (broad SMARTS) is 1. The third-order valence-corrected chi connectivity index (χ3v) is 17.3. The van der Waals surface area contributed by atoms with Gasteiger partial charge in [-0.3, -0.25) is 57.7 Å². The number of rotatable bonds is 27. The molecule has 10 amide bonds. The van der Waals surface area contributed by atoms with Crippen molar-refractivity contribution in [3.8, 4) is 0 Å². The number of fused-ring (bicyclic) bond motifs is 1. The molecule has 1 aliphatic heterocycles. The molecule has 7 atom stereocenters. The van der Waals surface area contributed by atoms with Gasteiger partial charge >= 0.3 is 12.0 Å². The average Bonchev–Trinajstić information content (AvgIpc) is 1.63. The molecule has 0 saturated carbocycles. The minimum Gasteiger partial charge on any atom is -0.481 e. The van der Waals surface area contributed by atoms with Gasteiger partial charge in [0.1, 0.15) is 30.2 Å². The molecule has 532 valence electrons. The van der Waals surface area contributed by atoms with Crippen LogP contribution in [0.2, 0.25) is 0 Å². The largest absolute Gasteiger partial charge is 0.481 e. The predicted octanol–water partition coefficient (Wildman–Crippen LogP) is 1.89. The summed E-state index contributed by atoms with van der Waals surface area (Å²) in [7, 11) is 1.52. The van der Waals surface area contributed by atoms with E-state index in [1.54, 1.807) is 110 Å². The van der Waals surface area contributed by atoms with Crippen LogP contribution in [0.3, 0.4) is 0 Å². The molecule has 3 heterocycles. The molecule has 0 aliphatic carbocycles. The van der Waals surface area contributed by atoms with Gasteiger partial charge in [0.15, 0.2) is 5.78 Å². The number of nitrogens with zero attached hydrogens (tertiary/aromatic N) is 4. The van der Waals surface area contributed by atoms with Gasteiger partial charge < -0.3 is 75.1 Å². The van der Waals surface area contributed by atoms with Crippen LogP contribution >= 0.6 is 11.8 Å². The van der Waals surface area contributed by atoms with Crippen molar-refractivity contribution in [2.45, 2.75) is 144 Å². The third-order valence-electron chi connectivity index (χ3n) is 16.2. The number of carbonyl (C=O) groups is 12. The Morgan fingerprint density at radius 1 is 0.707 bits per heavy atom. The molecule has 1 fully saturated rings. The smallest absolute Gasteiger partial charge is 0.345 e. The van der Waals surface area contributed by atoms with Crippen LogP contribution in [0.15, 0.2) is 107 Å². The number of carboxylic acids is 1. The third kappa shape index (κ3) is 24.5. The zero-order valence-corrected chi connectivity index (χ0v) is 57.0. The van der Waals surface area contributed by atoms with Gasteiger partial charge in [0.2, 0.25) is 47.3 Å². The number of nitrogens with two attached hydrogens (primary N) is 3. The Morgan fingerprint density at radius 3 is 2.01 bits per heavy atom. The standard InChI is InChI=1S/C69H92N16O13S/c1-5-49-64(93)76-34-28-53(67(96)80-52(27-32-72)66(95)82-55(39-43-14-7-6-8-15-43)68(97)81-54(38-42(2)3)57(86)40-44(25-30-70)62(91)79-51(26-31-71)65(94)78-49)77-60(88)29-36-84(37-35-75-59(87)19-13-20-61(89)90)69(98)85-56-41-46(99-58-18-10-9-17-48(58)63(92)73-4)22-23-47(56)50(83-85)24-21-45-16-11-12-33-74-45/h6-12,14-18,21-24,33,41-42,44,49,51-55H,5,13,19-20,25-32,34-40,70-72H2,1-4H3,(H,73,92)(H,75,87)(H,76,93)(H,77,88)(H,78,94)(H,79,91)(H,80,96)(H,81,97)(H,82,95)(H,89,90)/b24-21+/t44-,49+,51+,52+,53+,54?,55-/m1/s1. The molecule has 1 saturated heterocycles. The Hall–Kier alpha value is -9.91. The van der Waals surface area contributed by atoms with Gasteiger partial charge in [0.25, 0.3) is 5.91 Å². The molecule has 99 heavy (non-hydrogen) atoms. The van der Waals surface area contributed by atoms with Crippen LogP contribution in [0.5, 0.6) is 0 Å². The number of hydrogen-bond donors (Lipinski definition) is 13. The van der Waals surface area contributed by atoms with Crippen molar-refractivity contribution < 1.29 is 62.6 Å². The molecule has 6 rings (SSSR count). The number of ketones is 1. The summed E-state index contributed by atoms with van der Waals surface area (Å²) in [6.45, 7) is 3.97. The molecule has 0 radical (unpaired) electrons. The van der Waals surface area contributed by atoms with E-state index >= 15 is 4.79 Å². The molecule has 29 nitrogen and oxygen atoms in total. The van der Waals surface area contributed by atoms with E-state index in [0.29, 0.717) is 43.2 Å². The van der Waals surface area contributed by atoms with E-state index in [9.17, 15) is 57.8 Å². The van der Waals surface area contributed by atoms with E-state index < -0.39 is 114 Å². The van der Waals surface area contributed by atoms with Crippen LogP contribution in [0.4, 0.5) is 4.79 Å². The number of amides is 10. The summed E-state index contributed by atoms with van der Waals surface area (Å²) in [5.74, 6) is -9.15. The minimum atomic E-state index is -1.54. The Balaban J connectivity index is 1.36. The van der Waals surface area contributed by atoms with Gasteiger partial charge in [-0.1, -0.05) is 81.1 Å². The monoisotopic (exact) mass is 1380 g/mol. The maximum absolute atomic E-state index is 15.2. The molecular weight excluding hydrogens is 1290 g/mol. The predicted molar refractivity (Wildman–Crippen MR) is 372 cm³/mol. The zero-order valence-electron chi connectivity index (χ0n) is 56.2. The maximum atomic E-state index is 15.2. The van der Waals surface area contributed by atoms with Crippen molar-refractivity contribution in [3.63, 3.8) is 0 Å². The second kappa shape index (κ2) is 40.1. The molecule has 1 aliphatic rings. The van der Waals surface area contributed by atoms with Gasteiger partial charge in [-0.15, -0.1) is 0 Å². The molecule has 16 N–H and O–H groups in total. The summed E-state index contributed by atoms with van der Waals surface area (Å²) < 4.78 is 1.14. The van der Waals surface area contributed by atoms with Gasteiger partial charge in [-0.05, 0) is 131 Å². The van der Waals surface area contributed by atoms with Crippen molar-refractivity contribution in [1.82, 2.24) is 67.5 Å². The first-order valence-electron chi connectivity index (χ1n) is 33.2. The SMILES string of the molecule is CC[C@@H]1NC(=O)[C@H](CCN)NC(=O)[C@H](CCN)CC(=O)C(CC(C)C)NC(=O)[C@@H](Cc2ccccc2)NC(=O)[C@H](CCN)NC(=O)[C@@H](NC(=O)CCN(CCNC(=O)CCCC(=O)O)C(=O)n2nc(/C=C/c3ccccn3)c3ccc(Sc4ccccc4C(=O)NC)cc32)CCNC1=O. The minimum absolute atomic E-state index is 0.0157. The lowest BCUT2D eigenvalue weighted by atomic mass is 9.90. The van der Waals surface area contributed by atoms with Crippen molar-refractivity contribution in [1.29, 1.82) is 0 Å². The van der Waals surface area contributed by atoms with Crippen LogP contribution in [0.25, 0.3) is 23.1 Å². The summed E-state index contributed by atoms with van der Waals surface area (Å²) in [5.41, 5.74) is 20.2. The number of aliphatic carboxylic acids is 1. The van der Waals surface area contributed by atoms with Crippen LogP contribution < -0.4 is 65.1 Å². The van der Waals surface area contributed by atoms with Crippen molar-refractivity contribution in [3.05, 3.63) is 120 Å². The fourth-order valence-electron chi connectivity index (χ4n) is 10.9. The van der Waals surface area contributed by atoms with E-state index in [0.717, 1.165) is 4.68 Å². The first kappa shape index (κ1) is 78.1. The lowest BCUT2D eigenvalue weighted by Gasteiger charge is -2.28. The van der Waals surface area contributed by atoms with E-state index in [1.807, 2.05) is 19.9 Å². The van der Waals surface area contributed by atoms with Crippen molar-refractivity contribution in [2.75, 3.05) is 52.9 Å². The Labute approximate surface area is 578 Å². The van der Waals surface area contributed by atoms with Gasteiger partial charge in [0, 0.05) is 92.6 Å². The number of carbonyl (C=O) groups excluding carboxylic acids is 11. The number of Topliss-reactive ketones (excluding diaryl/α,β-unsaturated/α-hetero) is 1.